The summed E-state index contributed by atoms with van der Waals surface area (Å²) < 4.78 is 5.09. The molecule has 0 atom stereocenters. The van der Waals surface area contributed by atoms with E-state index in [1.165, 1.54) is 0 Å². The Morgan fingerprint density at radius 3 is 2.65 bits per heavy atom. The third-order valence-electron chi connectivity index (χ3n) is 3.97. The Kier molecular flexibility index (Phi) is 5.26. The number of hydrogen-bond donors (Lipinski definition) is 2. The van der Waals surface area contributed by atoms with Crippen molar-refractivity contribution in [1.82, 2.24) is 0 Å². The van der Waals surface area contributed by atoms with Crippen LogP contribution in [0.1, 0.15) is 25.7 Å². The molecule has 1 saturated carbocycles. The van der Waals surface area contributed by atoms with E-state index in [4.69, 9.17) is 22.1 Å². The summed E-state index contributed by atoms with van der Waals surface area (Å²) in [6, 6.07) is 5.27. The fourth-order valence-electron chi connectivity index (χ4n) is 2.65. The number of benzene rings is 1. The Morgan fingerprint density at radius 2 is 2.10 bits per heavy atom. The van der Waals surface area contributed by atoms with Gasteiger partial charge in [-0.2, -0.15) is 0 Å². The molecule has 5 heteroatoms. The van der Waals surface area contributed by atoms with Crippen LogP contribution >= 0.6 is 11.6 Å². The summed E-state index contributed by atoms with van der Waals surface area (Å²) in [5, 5.41) is 3.42. The monoisotopic (exact) mass is 296 g/mol. The molecule has 1 aliphatic rings. The van der Waals surface area contributed by atoms with Crippen molar-refractivity contribution in [2.24, 2.45) is 17.6 Å². The topological polar surface area (TPSA) is 64.3 Å². The second kappa shape index (κ2) is 6.95. The third kappa shape index (κ3) is 3.64. The van der Waals surface area contributed by atoms with E-state index in [0.717, 1.165) is 32.2 Å². The van der Waals surface area contributed by atoms with Crippen LogP contribution in [-0.2, 0) is 4.79 Å². The van der Waals surface area contributed by atoms with Gasteiger partial charge in [-0.3, -0.25) is 4.79 Å². The van der Waals surface area contributed by atoms with E-state index in [9.17, 15) is 4.79 Å². The summed E-state index contributed by atoms with van der Waals surface area (Å²) >= 11 is 6.05. The molecule has 1 aromatic rings. The summed E-state index contributed by atoms with van der Waals surface area (Å²) in [5.41, 5.74) is 6.38. The molecule has 0 unspecified atom stereocenters. The minimum Gasteiger partial charge on any atom is -0.495 e. The normalized spacial score (nSPS) is 22.4. The summed E-state index contributed by atoms with van der Waals surface area (Å²) in [4.78, 5) is 12.2. The average molecular weight is 297 g/mol. The van der Waals surface area contributed by atoms with Crippen LogP contribution in [0.25, 0.3) is 0 Å². The molecule has 0 radical (unpaired) electrons. The molecule has 1 amide bonds. The highest BCUT2D eigenvalue weighted by atomic mass is 35.5. The largest absolute Gasteiger partial charge is 0.495 e. The van der Waals surface area contributed by atoms with E-state index >= 15 is 0 Å². The number of ether oxygens (including phenoxy) is 1. The number of rotatable bonds is 4. The summed E-state index contributed by atoms with van der Waals surface area (Å²) in [5.74, 6) is 1.34. The van der Waals surface area contributed by atoms with Gasteiger partial charge in [0.2, 0.25) is 5.91 Å². The van der Waals surface area contributed by atoms with Crippen LogP contribution in [0, 0.1) is 11.8 Å². The molecule has 1 fully saturated rings. The molecular formula is C15H21ClN2O2. The number of nitrogens with two attached hydrogens (primary N) is 1. The molecule has 110 valence electrons. The van der Waals surface area contributed by atoms with Crippen LogP contribution in [0.4, 0.5) is 5.69 Å². The first kappa shape index (κ1) is 15.1. The standard InChI is InChI=1S/C15H21ClN2O2/c1-20-14-7-6-12(8-13(14)16)18-15(19)11-4-2-10(9-17)3-5-11/h6-8,10-11H,2-5,9,17H2,1H3,(H,18,19). The van der Waals surface area contributed by atoms with Crippen molar-refractivity contribution < 1.29 is 9.53 Å². The average Bonchev–Trinajstić information content (AvgIpc) is 2.47. The number of methoxy groups -OCH3 is 1. The van der Waals surface area contributed by atoms with E-state index in [0.29, 0.717) is 22.4 Å². The first-order valence-corrected chi connectivity index (χ1v) is 7.36. The quantitative estimate of drug-likeness (QED) is 0.897. The molecule has 0 bridgehead atoms. The van der Waals surface area contributed by atoms with Gasteiger partial charge in [-0.25, -0.2) is 0 Å². The van der Waals surface area contributed by atoms with Crippen molar-refractivity contribution in [3.8, 4) is 5.75 Å². The minimum atomic E-state index is 0.0710. The number of hydrogen-bond acceptors (Lipinski definition) is 3. The van der Waals surface area contributed by atoms with Crippen LogP contribution in [0.2, 0.25) is 5.02 Å². The zero-order chi connectivity index (χ0) is 14.5. The van der Waals surface area contributed by atoms with Crippen molar-refractivity contribution in [3.05, 3.63) is 23.2 Å². The lowest BCUT2D eigenvalue weighted by Gasteiger charge is -2.26. The lowest BCUT2D eigenvalue weighted by molar-refractivity contribution is -0.121. The van der Waals surface area contributed by atoms with Gasteiger partial charge < -0.3 is 15.8 Å². The van der Waals surface area contributed by atoms with E-state index in [1.54, 1.807) is 25.3 Å². The molecule has 0 saturated heterocycles. The highest BCUT2D eigenvalue weighted by Crippen LogP contribution is 2.30. The fraction of sp³-hybridized carbons (Fsp3) is 0.533. The lowest BCUT2D eigenvalue weighted by atomic mass is 9.81. The molecule has 3 N–H and O–H groups in total. The predicted molar refractivity (Wildman–Crippen MR) is 81.1 cm³/mol. The molecule has 2 rings (SSSR count). The van der Waals surface area contributed by atoms with Crippen LogP contribution in [-0.4, -0.2) is 19.6 Å². The first-order valence-electron chi connectivity index (χ1n) is 6.98. The number of halogens is 1. The maximum Gasteiger partial charge on any atom is 0.227 e. The molecule has 20 heavy (non-hydrogen) atoms. The Balaban J connectivity index is 1.93. The van der Waals surface area contributed by atoms with Gasteiger partial charge in [0.05, 0.1) is 12.1 Å². The highest BCUT2D eigenvalue weighted by molar-refractivity contribution is 6.32. The van der Waals surface area contributed by atoms with Crippen LogP contribution < -0.4 is 15.8 Å². The Hall–Kier alpha value is -1.26. The van der Waals surface area contributed by atoms with Crippen molar-refractivity contribution in [2.75, 3.05) is 19.0 Å². The Labute approximate surface area is 124 Å². The van der Waals surface area contributed by atoms with Crippen molar-refractivity contribution in [2.45, 2.75) is 25.7 Å². The molecule has 1 aromatic carbocycles. The number of nitrogens with one attached hydrogen (secondary N) is 1. The molecular weight excluding hydrogens is 276 g/mol. The lowest BCUT2D eigenvalue weighted by Crippen LogP contribution is -2.29. The van der Waals surface area contributed by atoms with Gasteiger partial charge in [0.25, 0.3) is 0 Å². The van der Waals surface area contributed by atoms with Crippen molar-refractivity contribution >= 4 is 23.2 Å². The van der Waals surface area contributed by atoms with E-state index in [-0.39, 0.29) is 11.8 Å². The first-order chi connectivity index (χ1) is 9.63. The SMILES string of the molecule is COc1ccc(NC(=O)C2CCC(CN)CC2)cc1Cl. The molecule has 0 heterocycles. The number of carbonyl (C=O) groups excluding carboxylic acids is 1. The van der Waals surface area contributed by atoms with Gasteiger partial charge in [-0.15, -0.1) is 0 Å². The van der Waals surface area contributed by atoms with Gasteiger partial charge >= 0.3 is 0 Å². The Bertz CT molecular complexity index is 471. The van der Waals surface area contributed by atoms with Gasteiger partial charge in [0.1, 0.15) is 5.75 Å². The van der Waals surface area contributed by atoms with Crippen LogP contribution in [0.3, 0.4) is 0 Å². The maximum absolute atomic E-state index is 12.2. The smallest absolute Gasteiger partial charge is 0.227 e. The molecule has 0 aromatic heterocycles. The number of anilines is 1. The predicted octanol–water partition coefficient (Wildman–Crippen LogP) is 3.05. The third-order valence-corrected chi connectivity index (χ3v) is 4.27. The summed E-state index contributed by atoms with van der Waals surface area (Å²) in [7, 11) is 1.56. The minimum absolute atomic E-state index is 0.0710. The van der Waals surface area contributed by atoms with Gasteiger partial charge in [0, 0.05) is 11.6 Å². The van der Waals surface area contributed by atoms with Crippen molar-refractivity contribution in [3.63, 3.8) is 0 Å². The van der Waals surface area contributed by atoms with E-state index in [2.05, 4.69) is 5.32 Å². The Morgan fingerprint density at radius 1 is 1.40 bits per heavy atom. The van der Waals surface area contributed by atoms with Crippen molar-refractivity contribution in [1.29, 1.82) is 0 Å². The zero-order valence-corrected chi connectivity index (χ0v) is 12.5. The van der Waals surface area contributed by atoms with E-state index in [1.807, 2.05) is 0 Å². The second-order valence-electron chi connectivity index (χ2n) is 5.29. The summed E-state index contributed by atoms with van der Waals surface area (Å²) in [6.07, 6.45) is 3.91. The van der Waals surface area contributed by atoms with Gasteiger partial charge in [-0.05, 0) is 56.3 Å². The molecule has 4 nitrogen and oxygen atoms in total. The van der Waals surface area contributed by atoms with Gasteiger partial charge in [0.15, 0.2) is 0 Å². The molecule has 0 aliphatic heterocycles. The molecule has 1 aliphatic carbocycles. The maximum atomic E-state index is 12.2. The number of carbonyl (C=O) groups is 1. The van der Waals surface area contributed by atoms with Crippen LogP contribution in [0.15, 0.2) is 18.2 Å². The zero-order valence-electron chi connectivity index (χ0n) is 11.7. The second-order valence-corrected chi connectivity index (χ2v) is 5.70. The van der Waals surface area contributed by atoms with E-state index < -0.39 is 0 Å². The highest BCUT2D eigenvalue weighted by Gasteiger charge is 2.25. The summed E-state index contributed by atoms with van der Waals surface area (Å²) in [6.45, 7) is 0.725. The van der Waals surface area contributed by atoms with Gasteiger partial charge in [-0.1, -0.05) is 11.6 Å². The molecule has 0 spiro atoms. The number of amides is 1. The van der Waals surface area contributed by atoms with Crippen LogP contribution in [0.5, 0.6) is 5.75 Å². The fourth-order valence-corrected chi connectivity index (χ4v) is 2.91.